The summed E-state index contributed by atoms with van der Waals surface area (Å²) in [5.41, 5.74) is 6.16. The van der Waals surface area contributed by atoms with Crippen molar-refractivity contribution in [3.63, 3.8) is 0 Å². The van der Waals surface area contributed by atoms with Gasteiger partial charge in [-0.15, -0.1) is 0 Å². The molecule has 0 aliphatic rings. The molecule has 0 atom stereocenters. The molecule has 4 aromatic rings. The maximum atomic E-state index is 14.6. The zero-order chi connectivity index (χ0) is 19.1. The third kappa shape index (κ3) is 2.93. The van der Waals surface area contributed by atoms with E-state index >= 15 is 0 Å². The normalized spacial score (nSPS) is 11.1. The van der Waals surface area contributed by atoms with E-state index in [0.29, 0.717) is 16.8 Å². The molecule has 4 heteroatoms. The van der Waals surface area contributed by atoms with E-state index in [4.69, 9.17) is 4.98 Å². The number of fused-ring (bicyclic) bond motifs is 1. The van der Waals surface area contributed by atoms with Crippen LogP contribution in [0.3, 0.4) is 0 Å². The van der Waals surface area contributed by atoms with Crippen molar-refractivity contribution in [2.24, 2.45) is 0 Å². The van der Waals surface area contributed by atoms with Gasteiger partial charge in [0.2, 0.25) is 0 Å². The number of hydrogen-bond donors (Lipinski definition) is 0. The molecule has 0 N–H and O–H groups in total. The van der Waals surface area contributed by atoms with Gasteiger partial charge in [0.15, 0.2) is 5.78 Å². The van der Waals surface area contributed by atoms with Gasteiger partial charge < -0.3 is 4.40 Å². The number of rotatable bonds is 3. The summed E-state index contributed by atoms with van der Waals surface area (Å²) in [5.74, 6) is -0.246. The minimum atomic E-state index is -0.247. The Morgan fingerprint density at radius 3 is 2.41 bits per heavy atom. The highest BCUT2D eigenvalue weighted by Gasteiger charge is 2.17. The zero-order valence-electron chi connectivity index (χ0n) is 15.5. The molecule has 3 nitrogen and oxygen atoms in total. The van der Waals surface area contributed by atoms with Gasteiger partial charge in [0.1, 0.15) is 11.5 Å². The van der Waals surface area contributed by atoms with E-state index in [2.05, 4.69) is 0 Å². The number of benzene rings is 2. The van der Waals surface area contributed by atoms with Gasteiger partial charge in [-0.2, -0.15) is 0 Å². The standard InChI is InChI=1S/C23H19FN2O/c1-14-8-9-19(21(24)12-14)18-6-4-5-7-20(18)23-15(2)26-11-10-17(16(3)27)13-22(26)25-23/h4-13H,1-3H3. The largest absolute Gasteiger partial charge is 0.304 e. The maximum Gasteiger partial charge on any atom is 0.159 e. The average Bonchev–Trinajstić information content (AvgIpc) is 2.98. The van der Waals surface area contributed by atoms with Crippen LogP contribution in [-0.4, -0.2) is 15.2 Å². The summed E-state index contributed by atoms with van der Waals surface area (Å²) in [6.07, 6.45) is 1.85. The summed E-state index contributed by atoms with van der Waals surface area (Å²) in [4.78, 5) is 16.4. The lowest BCUT2D eigenvalue weighted by Gasteiger charge is -2.10. The first-order chi connectivity index (χ1) is 13.0. The van der Waals surface area contributed by atoms with Crippen LogP contribution < -0.4 is 0 Å². The Hall–Kier alpha value is -3.27. The van der Waals surface area contributed by atoms with Crippen molar-refractivity contribution in [2.45, 2.75) is 20.8 Å². The Balaban J connectivity index is 1.94. The second-order valence-electron chi connectivity index (χ2n) is 6.77. The molecular formula is C23H19FN2O. The number of aromatic nitrogens is 2. The number of pyridine rings is 1. The summed E-state index contributed by atoms with van der Waals surface area (Å²) in [6, 6.07) is 16.5. The molecule has 134 valence electrons. The monoisotopic (exact) mass is 358 g/mol. The van der Waals surface area contributed by atoms with Crippen LogP contribution in [0.4, 0.5) is 4.39 Å². The lowest BCUT2D eigenvalue weighted by molar-refractivity contribution is 0.101. The van der Waals surface area contributed by atoms with Gasteiger partial charge in [-0.05, 0) is 50.1 Å². The SMILES string of the molecule is CC(=O)c1ccn2c(C)c(-c3ccccc3-c3ccc(C)cc3F)nc2c1. The molecule has 0 fully saturated rings. The number of carbonyl (C=O) groups is 1. The van der Waals surface area contributed by atoms with Crippen LogP contribution in [0.1, 0.15) is 28.5 Å². The molecule has 0 amide bonds. The Kier molecular flexibility index (Phi) is 4.11. The van der Waals surface area contributed by atoms with E-state index in [1.165, 1.54) is 6.92 Å². The van der Waals surface area contributed by atoms with E-state index in [1.54, 1.807) is 18.2 Å². The van der Waals surface area contributed by atoms with Crippen LogP contribution in [0.2, 0.25) is 0 Å². The fraction of sp³-hybridized carbons (Fsp3) is 0.130. The molecule has 4 rings (SSSR count). The minimum absolute atomic E-state index is 0.00169. The molecule has 0 unspecified atom stereocenters. The molecule has 0 saturated heterocycles. The summed E-state index contributed by atoms with van der Waals surface area (Å²) < 4.78 is 16.6. The Morgan fingerprint density at radius 2 is 1.70 bits per heavy atom. The van der Waals surface area contributed by atoms with Crippen LogP contribution >= 0.6 is 0 Å². The third-order valence-electron chi connectivity index (χ3n) is 4.87. The van der Waals surface area contributed by atoms with Crippen LogP contribution in [-0.2, 0) is 0 Å². The van der Waals surface area contributed by atoms with E-state index in [1.807, 2.05) is 60.8 Å². The fourth-order valence-corrected chi connectivity index (χ4v) is 3.40. The molecule has 0 radical (unpaired) electrons. The molecule has 0 spiro atoms. The second kappa shape index (κ2) is 6.47. The first-order valence-corrected chi connectivity index (χ1v) is 8.81. The summed E-state index contributed by atoms with van der Waals surface area (Å²) in [7, 11) is 0. The summed E-state index contributed by atoms with van der Waals surface area (Å²) in [5, 5.41) is 0. The molecule has 2 heterocycles. The minimum Gasteiger partial charge on any atom is -0.304 e. The fourth-order valence-electron chi connectivity index (χ4n) is 3.40. The van der Waals surface area contributed by atoms with Crippen LogP contribution in [0.25, 0.3) is 28.0 Å². The highest BCUT2D eigenvalue weighted by molar-refractivity contribution is 5.95. The Bertz CT molecular complexity index is 1190. The summed E-state index contributed by atoms with van der Waals surface area (Å²) >= 11 is 0. The van der Waals surface area contributed by atoms with Crippen molar-refractivity contribution >= 4 is 11.4 Å². The number of imidazole rings is 1. The van der Waals surface area contributed by atoms with Gasteiger partial charge >= 0.3 is 0 Å². The van der Waals surface area contributed by atoms with Crippen molar-refractivity contribution in [3.05, 3.63) is 83.4 Å². The van der Waals surface area contributed by atoms with Crippen molar-refractivity contribution in [1.29, 1.82) is 0 Å². The Morgan fingerprint density at radius 1 is 0.963 bits per heavy atom. The van der Waals surface area contributed by atoms with Gasteiger partial charge in [-0.25, -0.2) is 9.37 Å². The molecule has 27 heavy (non-hydrogen) atoms. The molecule has 2 aromatic carbocycles. The van der Waals surface area contributed by atoms with E-state index in [-0.39, 0.29) is 11.6 Å². The maximum absolute atomic E-state index is 14.6. The number of carbonyl (C=O) groups excluding carboxylic acids is 1. The summed E-state index contributed by atoms with van der Waals surface area (Å²) in [6.45, 7) is 5.39. The second-order valence-corrected chi connectivity index (χ2v) is 6.77. The number of Topliss-reactive ketones (excluding diaryl/α,β-unsaturated/α-hetero) is 1. The molecule has 0 bridgehead atoms. The van der Waals surface area contributed by atoms with Gasteiger partial charge in [0.25, 0.3) is 0 Å². The number of halogens is 1. The first-order valence-electron chi connectivity index (χ1n) is 8.81. The smallest absolute Gasteiger partial charge is 0.159 e. The zero-order valence-corrected chi connectivity index (χ0v) is 15.5. The van der Waals surface area contributed by atoms with Gasteiger partial charge in [0, 0.05) is 28.6 Å². The molecule has 0 aliphatic heterocycles. The molecule has 0 aliphatic carbocycles. The van der Waals surface area contributed by atoms with Gasteiger partial charge in [-0.3, -0.25) is 4.79 Å². The number of nitrogens with zero attached hydrogens (tertiary/aromatic N) is 2. The number of ketones is 1. The predicted molar refractivity (Wildman–Crippen MR) is 106 cm³/mol. The van der Waals surface area contributed by atoms with Crippen molar-refractivity contribution in [1.82, 2.24) is 9.38 Å². The highest BCUT2D eigenvalue weighted by Crippen LogP contribution is 2.35. The lowest BCUT2D eigenvalue weighted by atomic mass is 9.96. The molecule has 2 aromatic heterocycles. The first kappa shape index (κ1) is 17.2. The van der Waals surface area contributed by atoms with Gasteiger partial charge in [-0.1, -0.05) is 36.4 Å². The predicted octanol–water partition coefficient (Wildman–Crippen LogP) is 5.63. The highest BCUT2D eigenvalue weighted by atomic mass is 19.1. The van der Waals surface area contributed by atoms with Crippen LogP contribution in [0.5, 0.6) is 0 Å². The lowest BCUT2D eigenvalue weighted by Crippen LogP contribution is -1.95. The van der Waals surface area contributed by atoms with Crippen LogP contribution in [0.15, 0.2) is 60.8 Å². The van der Waals surface area contributed by atoms with Crippen molar-refractivity contribution in [3.8, 4) is 22.4 Å². The van der Waals surface area contributed by atoms with Gasteiger partial charge in [0.05, 0.1) is 5.69 Å². The quantitative estimate of drug-likeness (QED) is 0.445. The van der Waals surface area contributed by atoms with Crippen LogP contribution in [0, 0.1) is 19.7 Å². The molecular weight excluding hydrogens is 339 g/mol. The van der Waals surface area contributed by atoms with Crippen molar-refractivity contribution < 1.29 is 9.18 Å². The third-order valence-corrected chi connectivity index (χ3v) is 4.87. The molecule has 0 saturated carbocycles. The number of hydrogen-bond acceptors (Lipinski definition) is 2. The van der Waals surface area contributed by atoms with E-state index < -0.39 is 0 Å². The van der Waals surface area contributed by atoms with E-state index in [9.17, 15) is 9.18 Å². The Labute approximate surface area is 157 Å². The number of aryl methyl sites for hydroxylation is 2. The van der Waals surface area contributed by atoms with Crippen molar-refractivity contribution in [2.75, 3.05) is 0 Å². The average molecular weight is 358 g/mol. The topological polar surface area (TPSA) is 34.4 Å². The van der Waals surface area contributed by atoms with E-state index in [0.717, 1.165) is 28.1 Å².